The lowest BCUT2D eigenvalue weighted by Gasteiger charge is -2.06. The van der Waals surface area contributed by atoms with Crippen LogP contribution >= 0.6 is 22.6 Å². The molecule has 0 amide bonds. The number of benzene rings is 1. The van der Waals surface area contributed by atoms with Crippen molar-refractivity contribution in [1.82, 2.24) is 0 Å². The molecule has 0 fully saturated rings. The van der Waals surface area contributed by atoms with Crippen LogP contribution in [0.25, 0.3) is 0 Å². The molecule has 0 aliphatic heterocycles. The summed E-state index contributed by atoms with van der Waals surface area (Å²) in [5, 5.41) is 0. The maximum atomic E-state index is 10.8. The van der Waals surface area contributed by atoms with Crippen molar-refractivity contribution in [3.63, 3.8) is 0 Å². The van der Waals surface area contributed by atoms with Crippen LogP contribution in [0.3, 0.4) is 0 Å². The van der Waals surface area contributed by atoms with Crippen molar-refractivity contribution in [2.45, 2.75) is 6.42 Å². The van der Waals surface area contributed by atoms with E-state index in [0.29, 0.717) is 6.61 Å². The second-order valence-corrected chi connectivity index (χ2v) is 3.77. The third-order valence-electron chi connectivity index (χ3n) is 1.63. The molecule has 0 saturated heterocycles. The predicted octanol–water partition coefficient (Wildman–Crippen LogP) is 2.23. The van der Waals surface area contributed by atoms with Crippen LogP contribution in [0.2, 0.25) is 0 Å². The largest absolute Gasteiger partial charge is 0.492 e. The number of ether oxygens (including phenoxy) is 2. The number of rotatable bonds is 4. The molecule has 0 aliphatic carbocycles. The average molecular weight is 306 g/mol. The van der Waals surface area contributed by atoms with E-state index < -0.39 is 0 Å². The highest BCUT2D eigenvalue weighted by Crippen LogP contribution is 2.19. The third-order valence-corrected chi connectivity index (χ3v) is 2.52. The van der Waals surface area contributed by atoms with E-state index in [1.54, 1.807) is 0 Å². The van der Waals surface area contributed by atoms with Crippen LogP contribution in [0.1, 0.15) is 6.42 Å². The standard InChI is InChI=1S/C10H11IO3/c1-13-10(12)6-7-14-9-5-3-2-4-8(9)11/h2-5H,6-7H2,1H3. The molecule has 0 N–H and O–H groups in total. The molecule has 0 bridgehead atoms. The number of carbonyl (C=O) groups excluding carboxylic acids is 1. The number of halogens is 1. The van der Waals surface area contributed by atoms with Gasteiger partial charge in [0.15, 0.2) is 0 Å². The fraction of sp³-hybridized carbons (Fsp3) is 0.300. The van der Waals surface area contributed by atoms with Crippen molar-refractivity contribution in [1.29, 1.82) is 0 Å². The monoisotopic (exact) mass is 306 g/mol. The Morgan fingerprint density at radius 3 is 2.79 bits per heavy atom. The summed E-state index contributed by atoms with van der Waals surface area (Å²) in [6, 6.07) is 7.66. The lowest BCUT2D eigenvalue weighted by Crippen LogP contribution is -2.07. The first kappa shape index (κ1) is 11.3. The van der Waals surface area contributed by atoms with Gasteiger partial charge in [-0.15, -0.1) is 0 Å². The Kier molecular flexibility index (Phi) is 4.72. The first-order valence-electron chi connectivity index (χ1n) is 4.18. The van der Waals surface area contributed by atoms with Crippen molar-refractivity contribution in [3.05, 3.63) is 27.8 Å². The molecule has 3 nitrogen and oxygen atoms in total. The molecule has 0 radical (unpaired) electrons. The van der Waals surface area contributed by atoms with E-state index in [9.17, 15) is 4.79 Å². The lowest BCUT2D eigenvalue weighted by molar-refractivity contribution is -0.141. The van der Waals surface area contributed by atoms with Crippen LogP contribution in [-0.4, -0.2) is 19.7 Å². The third kappa shape index (κ3) is 3.53. The Bertz CT molecular complexity index is 312. The number of carbonyl (C=O) groups is 1. The van der Waals surface area contributed by atoms with Crippen LogP contribution in [-0.2, 0) is 9.53 Å². The lowest BCUT2D eigenvalue weighted by atomic mass is 10.3. The Morgan fingerprint density at radius 1 is 1.43 bits per heavy atom. The molecule has 4 heteroatoms. The van der Waals surface area contributed by atoms with E-state index in [4.69, 9.17) is 4.74 Å². The highest BCUT2D eigenvalue weighted by atomic mass is 127. The molecule has 1 aromatic carbocycles. The van der Waals surface area contributed by atoms with E-state index in [2.05, 4.69) is 27.3 Å². The minimum Gasteiger partial charge on any atom is -0.492 e. The molecule has 1 aromatic rings. The predicted molar refractivity (Wildman–Crippen MR) is 61.3 cm³/mol. The summed E-state index contributed by atoms with van der Waals surface area (Å²) < 4.78 is 10.9. The van der Waals surface area contributed by atoms with Gasteiger partial charge in [-0.1, -0.05) is 12.1 Å². The highest BCUT2D eigenvalue weighted by Gasteiger charge is 2.02. The molecule has 0 spiro atoms. The number of hydrogen-bond acceptors (Lipinski definition) is 3. The Balaban J connectivity index is 2.39. The SMILES string of the molecule is COC(=O)CCOc1ccccc1I. The number of esters is 1. The van der Waals surface area contributed by atoms with Gasteiger partial charge in [-0.25, -0.2) is 0 Å². The average Bonchev–Trinajstić information content (AvgIpc) is 2.20. The molecule has 14 heavy (non-hydrogen) atoms. The van der Waals surface area contributed by atoms with Gasteiger partial charge in [0.1, 0.15) is 5.75 Å². The minimum absolute atomic E-state index is 0.254. The van der Waals surface area contributed by atoms with Gasteiger partial charge in [-0.3, -0.25) is 4.79 Å². The summed E-state index contributed by atoms with van der Waals surface area (Å²) >= 11 is 2.19. The Hall–Kier alpha value is -0.780. The van der Waals surface area contributed by atoms with Crippen LogP contribution < -0.4 is 4.74 Å². The molecule has 0 saturated carbocycles. The summed E-state index contributed by atoms with van der Waals surface area (Å²) in [7, 11) is 1.37. The first-order valence-corrected chi connectivity index (χ1v) is 5.26. The van der Waals surface area contributed by atoms with Crippen molar-refractivity contribution in [3.8, 4) is 5.75 Å². The van der Waals surface area contributed by atoms with Crippen LogP contribution in [0.15, 0.2) is 24.3 Å². The summed E-state index contributed by atoms with van der Waals surface area (Å²) in [4.78, 5) is 10.8. The molecule has 0 aromatic heterocycles. The number of para-hydroxylation sites is 1. The van der Waals surface area contributed by atoms with Gasteiger partial charge in [0.05, 0.1) is 23.7 Å². The topological polar surface area (TPSA) is 35.5 Å². The van der Waals surface area contributed by atoms with E-state index >= 15 is 0 Å². The smallest absolute Gasteiger partial charge is 0.308 e. The summed E-state index contributed by atoms with van der Waals surface area (Å²) in [5.41, 5.74) is 0. The maximum Gasteiger partial charge on any atom is 0.308 e. The van der Waals surface area contributed by atoms with Gasteiger partial charge >= 0.3 is 5.97 Å². The zero-order chi connectivity index (χ0) is 10.4. The van der Waals surface area contributed by atoms with E-state index in [-0.39, 0.29) is 12.4 Å². The molecule has 0 atom stereocenters. The molecular weight excluding hydrogens is 295 g/mol. The van der Waals surface area contributed by atoms with Crippen LogP contribution in [0.5, 0.6) is 5.75 Å². The molecule has 0 unspecified atom stereocenters. The molecular formula is C10H11IO3. The fourth-order valence-corrected chi connectivity index (χ4v) is 1.45. The van der Waals surface area contributed by atoms with Crippen molar-refractivity contribution in [2.75, 3.05) is 13.7 Å². The number of hydrogen-bond donors (Lipinski definition) is 0. The van der Waals surface area contributed by atoms with Crippen molar-refractivity contribution in [2.24, 2.45) is 0 Å². The van der Waals surface area contributed by atoms with E-state index in [1.165, 1.54) is 7.11 Å². The van der Waals surface area contributed by atoms with Crippen LogP contribution in [0, 0.1) is 3.57 Å². The second-order valence-electron chi connectivity index (χ2n) is 2.61. The molecule has 1 rings (SSSR count). The van der Waals surface area contributed by atoms with Crippen molar-refractivity contribution < 1.29 is 14.3 Å². The normalized spacial score (nSPS) is 9.57. The maximum absolute atomic E-state index is 10.8. The van der Waals surface area contributed by atoms with Crippen molar-refractivity contribution >= 4 is 28.6 Å². The van der Waals surface area contributed by atoms with Gasteiger partial charge < -0.3 is 9.47 Å². The zero-order valence-corrected chi connectivity index (χ0v) is 9.98. The molecule has 76 valence electrons. The summed E-state index contributed by atoms with van der Waals surface area (Å²) in [5.74, 6) is 0.549. The highest BCUT2D eigenvalue weighted by molar-refractivity contribution is 14.1. The van der Waals surface area contributed by atoms with Gasteiger partial charge in [0.25, 0.3) is 0 Å². The van der Waals surface area contributed by atoms with Gasteiger partial charge in [0, 0.05) is 0 Å². The molecule has 0 heterocycles. The second kappa shape index (κ2) is 5.85. The number of methoxy groups -OCH3 is 1. The summed E-state index contributed by atoms with van der Waals surface area (Å²) in [6.07, 6.45) is 0.279. The Morgan fingerprint density at radius 2 is 2.14 bits per heavy atom. The van der Waals surface area contributed by atoms with E-state index in [0.717, 1.165) is 9.32 Å². The van der Waals surface area contributed by atoms with E-state index in [1.807, 2.05) is 24.3 Å². The summed E-state index contributed by atoms with van der Waals surface area (Å²) in [6.45, 7) is 0.354. The van der Waals surface area contributed by atoms with Gasteiger partial charge in [-0.05, 0) is 34.7 Å². The zero-order valence-electron chi connectivity index (χ0n) is 7.83. The quantitative estimate of drug-likeness (QED) is 0.632. The van der Waals surface area contributed by atoms with Crippen LogP contribution in [0.4, 0.5) is 0 Å². The van der Waals surface area contributed by atoms with Gasteiger partial charge in [0.2, 0.25) is 0 Å². The minimum atomic E-state index is -0.254. The first-order chi connectivity index (χ1) is 6.74. The Labute approximate surface area is 96.5 Å². The fourth-order valence-electron chi connectivity index (χ4n) is 0.908. The van der Waals surface area contributed by atoms with Gasteiger partial charge in [-0.2, -0.15) is 0 Å². The molecule has 0 aliphatic rings.